The Labute approximate surface area is 242 Å². The van der Waals surface area contributed by atoms with Crippen LogP contribution in [-0.4, -0.2) is 35.6 Å². The molecule has 2 N–H and O–H groups in total. The summed E-state index contributed by atoms with van der Waals surface area (Å²) in [6.07, 6.45) is 8.84. The maximum absolute atomic E-state index is 14.9. The first kappa shape index (κ1) is 33.0. The van der Waals surface area contributed by atoms with Crippen molar-refractivity contribution >= 4 is 35.3 Å². The summed E-state index contributed by atoms with van der Waals surface area (Å²) >= 11 is 1.28. The lowest BCUT2D eigenvalue weighted by molar-refractivity contribution is 0.579. The molecule has 0 saturated heterocycles. The molecule has 0 amide bonds. The Bertz CT molecular complexity index is 1260. The molecule has 0 atom stereocenters. The fourth-order valence-electron chi connectivity index (χ4n) is 3.79. The standard InChI is InChI=1S/C28H36F2N6S.C3H8/c1-9-24(31-15-16(2)3)18(5)26(20-10-11-20)28(33-25-12-17(4)34-35-25)32-19(6)36(7)27-22(29)13-21(37-8)14-23(27)30;1-3-2/h9,12-16,20H,5,10-11H2,1-4,6-8H3,(H2,33,34,35);3H2,1-2H3/b24-9-,28-26-,31-15?,32-19+;. The fraction of sp³-hybridized carbons (Fsp3) is 0.452. The van der Waals surface area contributed by atoms with E-state index in [2.05, 4.69) is 54.8 Å². The summed E-state index contributed by atoms with van der Waals surface area (Å²) in [4.78, 5) is 11.5. The number of rotatable bonds is 10. The number of allylic oxidation sites excluding steroid dienone is 2. The first-order chi connectivity index (χ1) is 19.0. The number of H-pyrrole nitrogens is 1. The average molecular weight is 571 g/mol. The molecule has 3 rings (SSSR count). The summed E-state index contributed by atoms with van der Waals surface area (Å²) < 4.78 is 29.8. The Balaban J connectivity index is 0.00000178. The highest BCUT2D eigenvalue weighted by Gasteiger charge is 2.32. The predicted octanol–water partition coefficient (Wildman–Crippen LogP) is 8.91. The van der Waals surface area contributed by atoms with E-state index in [9.17, 15) is 8.78 Å². The van der Waals surface area contributed by atoms with E-state index in [0.29, 0.717) is 22.4 Å². The van der Waals surface area contributed by atoms with Crippen molar-refractivity contribution in [2.75, 3.05) is 23.5 Å². The van der Waals surface area contributed by atoms with Gasteiger partial charge in [0.2, 0.25) is 0 Å². The zero-order chi connectivity index (χ0) is 30.0. The molecule has 0 unspecified atom stereocenters. The number of benzene rings is 1. The van der Waals surface area contributed by atoms with Gasteiger partial charge in [-0.1, -0.05) is 46.8 Å². The van der Waals surface area contributed by atoms with Crippen molar-refractivity contribution < 1.29 is 8.78 Å². The first-order valence-electron chi connectivity index (χ1n) is 13.7. The zero-order valence-corrected chi connectivity index (χ0v) is 26.1. The number of anilines is 2. The maximum Gasteiger partial charge on any atom is 0.153 e. The van der Waals surface area contributed by atoms with Crippen LogP contribution in [0.5, 0.6) is 0 Å². The minimum Gasteiger partial charge on any atom is -0.328 e. The van der Waals surface area contributed by atoms with Crippen LogP contribution in [0.3, 0.4) is 0 Å². The van der Waals surface area contributed by atoms with Crippen molar-refractivity contribution in [2.45, 2.75) is 72.6 Å². The van der Waals surface area contributed by atoms with Crippen LogP contribution in [0.25, 0.3) is 0 Å². The molecule has 1 aliphatic carbocycles. The zero-order valence-electron chi connectivity index (χ0n) is 25.3. The number of hydrogen-bond acceptors (Lipinski definition) is 5. The van der Waals surface area contributed by atoms with E-state index in [-0.39, 0.29) is 17.5 Å². The van der Waals surface area contributed by atoms with Crippen LogP contribution in [-0.2, 0) is 0 Å². The Hall–Kier alpha value is -3.20. The Morgan fingerprint density at radius 1 is 1.25 bits per heavy atom. The summed E-state index contributed by atoms with van der Waals surface area (Å²) in [5, 5.41) is 10.6. The molecule has 1 aromatic heterocycles. The molecule has 1 aromatic carbocycles. The highest BCUT2D eigenvalue weighted by atomic mass is 32.2. The quantitative estimate of drug-likeness (QED) is 0.130. The van der Waals surface area contributed by atoms with Crippen molar-refractivity contribution in [3.05, 3.63) is 70.8 Å². The summed E-state index contributed by atoms with van der Waals surface area (Å²) in [7, 11) is 1.60. The van der Waals surface area contributed by atoms with Crippen LogP contribution in [0.15, 0.2) is 68.4 Å². The molecule has 1 fully saturated rings. The van der Waals surface area contributed by atoms with Crippen LogP contribution >= 0.6 is 11.8 Å². The molecule has 218 valence electrons. The van der Waals surface area contributed by atoms with Gasteiger partial charge < -0.3 is 10.2 Å². The van der Waals surface area contributed by atoms with Crippen molar-refractivity contribution in [3.63, 3.8) is 0 Å². The van der Waals surface area contributed by atoms with Crippen LogP contribution in [0.2, 0.25) is 0 Å². The number of halogens is 2. The third-order valence-electron chi connectivity index (χ3n) is 5.93. The van der Waals surface area contributed by atoms with Gasteiger partial charge in [0.25, 0.3) is 0 Å². The summed E-state index contributed by atoms with van der Waals surface area (Å²) in [6, 6.07) is 4.53. The molecule has 2 aromatic rings. The average Bonchev–Trinajstić information content (AvgIpc) is 3.64. The molecule has 0 bridgehead atoms. The smallest absolute Gasteiger partial charge is 0.153 e. The maximum atomic E-state index is 14.9. The topological polar surface area (TPSA) is 68.7 Å². The van der Waals surface area contributed by atoms with Gasteiger partial charge in [-0.3, -0.25) is 10.1 Å². The Morgan fingerprint density at radius 3 is 2.30 bits per heavy atom. The number of aryl methyl sites for hydroxylation is 1. The molecular weight excluding hydrogens is 526 g/mol. The molecule has 6 nitrogen and oxygen atoms in total. The lowest BCUT2D eigenvalue weighted by Gasteiger charge is -2.22. The highest BCUT2D eigenvalue weighted by molar-refractivity contribution is 7.98. The Morgan fingerprint density at radius 2 is 1.85 bits per heavy atom. The molecule has 9 heteroatoms. The van der Waals surface area contributed by atoms with Gasteiger partial charge in [0.1, 0.15) is 17.3 Å². The van der Waals surface area contributed by atoms with E-state index in [4.69, 9.17) is 4.99 Å². The van der Waals surface area contributed by atoms with Crippen molar-refractivity contribution in [3.8, 4) is 0 Å². The van der Waals surface area contributed by atoms with Gasteiger partial charge in [0.05, 0.1) is 5.70 Å². The fourth-order valence-corrected chi connectivity index (χ4v) is 4.23. The van der Waals surface area contributed by atoms with E-state index in [1.54, 1.807) is 20.2 Å². The minimum absolute atomic E-state index is 0.156. The van der Waals surface area contributed by atoms with Crippen molar-refractivity contribution in [1.82, 2.24) is 10.2 Å². The molecule has 1 aliphatic rings. The molecule has 0 aliphatic heterocycles. The summed E-state index contributed by atoms with van der Waals surface area (Å²) in [5.41, 5.74) is 3.18. The van der Waals surface area contributed by atoms with E-state index in [1.807, 2.05) is 32.2 Å². The SMILES string of the molecule is C=C(/C(=C/C)N=CC(C)C)/C(=C(\N=C(/C)N(C)c1c(F)cc(SC)cc1F)Nc1cc(C)[nH]n1)C1CC1.CCC. The predicted molar refractivity (Wildman–Crippen MR) is 169 cm³/mol. The van der Waals surface area contributed by atoms with E-state index < -0.39 is 11.6 Å². The number of nitrogens with zero attached hydrogens (tertiary/aromatic N) is 4. The normalized spacial score (nSPS) is 14.7. The van der Waals surface area contributed by atoms with Gasteiger partial charge in [0.15, 0.2) is 17.5 Å². The van der Waals surface area contributed by atoms with Gasteiger partial charge in [-0.15, -0.1) is 11.8 Å². The van der Waals surface area contributed by atoms with E-state index in [0.717, 1.165) is 35.4 Å². The van der Waals surface area contributed by atoms with Crippen LogP contribution in [0, 0.1) is 30.4 Å². The largest absolute Gasteiger partial charge is 0.328 e. The Kier molecular flexibility index (Phi) is 12.8. The number of amidine groups is 1. The summed E-state index contributed by atoms with van der Waals surface area (Å²) in [5.74, 6) is 0.772. The van der Waals surface area contributed by atoms with Gasteiger partial charge in [0, 0.05) is 35.5 Å². The molecule has 1 heterocycles. The monoisotopic (exact) mass is 570 g/mol. The third-order valence-corrected chi connectivity index (χ3v) is 6.64. The minimum atomic E-state index is -0.645. The van der Waals surface area contributed by atoms with Crippen LogP contribution in [0.4, 0.5) is 20.3 Å². The highest BCUT2D eigenvalue weighted by Crippen LogP contribution is 2.44. The number of hydrogen-bond donors (Lipinski definition) is 2. The van der Waals surface area contributed by atoms with Gasteiger partial charge in [-0.05, 0) is 69.4 Å². The van der Waals surface area contributed by atoms with Crippen LogP contribution in [0.1, 0.15) is 66.5 Å². The van der Waals surface area contributed by atoms with E-state index in [1.165, 1.54) is 35.2 Å². The number of thioether (sulfide) groups is 1. The molecule has 0 radical (unpaired) electrons. The third kappa shape index (κ3) is 9.18. The molecule has 1 saturated carbocycles. The van der Waals surface area contributed by atoms with Crippen molar-refractivity contribution in [2.24, 2.45) is 21.8 Å². The number of aromatic nitrogens is 2. The number of aromatic amines is 1. The van der Waals surface area contributed by atoms with Gasteiger partial charge >= 0.3 is 0 Å². The second-order valence-electron chi connectivity index (χ2n) is 10.1. The second-order valence-corrected chi connectivity index (χ2v) is 11.0. The lowest BCUT2D eigenvalue weighted by Crippen LogP contribution is -2.26. The lowest BCUT2D eigenvalue weighted by atomic mass is 9.99. The van der Waals surface area contributed by atoms with E-state index >= 15 is 0 Å². The molecule has 0 spiro atoms. The van der Waals surface area contributed by atoms with Crippen LogP contribution < -0.4 is 10.2 Å². The molecule has 40 heavy (non-hydrogen) atoms. The second kappa shape index (κ2) is 15.6. The molecular formula is C31H44F2N6S. The summed E-state index contributed by atoms with van der Waals surface area (Å²) in [6.45, 7) is 18.3. The number of aliphatic imine (C=N–C) groups is 2. The van der Waals surface area contributed by atoms with Gasteiger partial charge in [-0.25, -0.2) is 13.8 Å². The number of nitrogens with one attached hydrogen (secondary N) is 2. The van der Waals surface area contributed by atoms with Gasteiger partial charge in [-0.2, -0.15) is 5.10 Å². The first-order valence-corrected chi connectivity index (χ1v) is 14.9. The van der Waals surface area contributed by atoms with Crippen molar-refractivity contribution in [1.29, 1.82) is 0 Å².